The van der Waals surface area contributed by atoms with Gasteiger partial charge < -0.3 is 10.2 Å². The number of unbranched alkanes of at least 4 members (excludes halogenated alkanes) is 2. The van der Waals surface area contributed by atoms with Crippen LogP contribution in [0.3, 0.4) is 0 Å². The van der Waals surface area contributed by atoms with Crippen molar-refractivity contribution < 1.29 is 19.8 Å². The molecule has 0 bridgehead atoms. The molecule has 0 heterocycles. The average Bonchev–Trinajstić information content (AvgIpc) is 2.38. The van der Waals surface area contributed by atoms with E-state index < -0.39 is 5.97 Å². The Morgan fingerprint density at radius 1 is 1.20 bits per heavy atom. The van der Waals surface area contributed by atoms with Gasteiger partial charge >= 0.3 is 5.97 Å². The van der Waals surface area contributed by atoms with Crippen molar-refractivity contribution >= 4 is 18.1 Å². The first kappa shape index (κ1) is 15.7. The molecule has 20 heavy (non-hydrogen) atoms. The summed E-state index contributed by atoms with van der Waals surface area (Å²) in [4.78, 5) is 21.7. The van der Waals surface area contributed by atoms with E-state index in [2.05, 4.69) is 10.5 Å². The van der Waals surface area contributed by atoms with Gasteiger partial charge in [0.15, 0.2) is 0 Å². The fraction of sp³-hybridized carbons (Fsp3) is 0.357. The highest BCUT2D eigenvalue weighted by atomic mass is 16.4. The van der Waals surface area contributed by atoms with Crippen LogP contribution in [0, 0.1) is 0 Å². The quantitative estimate of drug-likeness (QED) is 0.384. The molecule has 0 radical (unpaired) electrons. The van der Waals surface area contributed by atoms with Crippen molar-refractivity contribution in [1.82, 2.24) is 5.43 Å². The standard InChI is InChI=1S/C14H18N2O4/c17-12-6-4-5-11(9-12)10-15-16-13(18)7-2-1-3-8-14(19)20/h4-6,9-10,17H,1-3,7-8H2,(H,16,18)(H,19,20)/b15-10+. The van der Waals surface area contributed by atoms with Gasteiger partial charge in [-0.25, -0.2) is 5.43 Å². The third-order valence-electron chi connectivity index (χ3n) is 2.57. The minimum atomic E-state index is -0.815. The molecule has 6 nitrogen and oxygen atoms in total. The lowest BCUT2D eigenvalue weighted by Gasteiger charge is -2.00. The van der Waals surface area contributed by atoms with Gasteiger partial charge in [0.25, 0.3) is 0 Å². The van der Waals surface area contributed by atoms with Crippen LogP contribution in [0.2, 0.25) is 0 Å². The zero-order valence-corrected chi connectivity index (χ0v) is 11.1. The highest BCUT2D eigenvalue weighted by Crippen LogP contribution is 2.08. The van der Waals surface area contributed by atoms with Crippen molar-refractivity contribution in [3.63, 3.8) is 0 Å². The molecule has 0 saturated heterocycles. The molecule has 6 heteroatoms. The summed E-state index contributed by atoms with van der Waals surface area (Å²) in [5, 5.41) is 21.5. The number of hydrogen-bond donors (Lipinski definition) is 3. The van der Waals surface area contributed by atoms with E-state index in [1.807, 2.05) is 0 Å². The topological polar surface area (TPSA) is 99.0 Å². The number of nitrogens with one attached hydrogen (secondary N) is 1. The first-order valence-corrected chi connectivity index (χ1v) is 6.40. The molecule has 1 amide bonds. The number of carboxylic acids is 1. The molecule has 0 aliphatic heterocycles. The van der Waals surface area contributed by atoms with Gasteiger partial charge in [-0.3, -0.25) is 9.59 Å². The molecule has 0 atom stereocenters. The number of phenols is 1. The summed E-state index contributed by atoms with van der Waals surface area (Å²) in [6, 6.07) is 6.51. The summed E-state index contributed by atoms with van der Waals surface area (Å²) in [6.07, 6.45) is 3.82. The number of nitrogens with zero attached hydrogens (tertiary/aromatic N) is 1. The van der Waals surface area contributed by atoms with E-state index in [1.54, 1.807) is 18.2 Å². The zero-order valence-electron chi connectivity index (χ0n) is 11.1. The number of aromatic hydroxyl groups is 1. The summed E-state index contributed by atoms with van der Waals surface area (Å²) >= 11 is 0. The Morgan fingerprint density at radius 3 is 2.65 bits per heavy atom. The Morgan fingerprint density at radius 2 is 1.95 bits per heavy atom. The van der Waals surface area contributed by atoms with Crippen molar-refractivity contribution in [2.45, 2.75) is 32.1 Å². The second-order valence-electron chi connectivity index (χ2n) is 4.34. The lowest BCUT2D eigenvalue weighted by atomic mass is 10.1. The van der Waals surface area contributed by atoms with E-state index in [9.17, 15) is 14.7 Å². The number of phenolic OH excluding ortho intramolecular Hbond substituents is 1. The smallest absolute Gasteiger partial charge is 0.303 e. The molecule has 3 N–H and O–H groups in total. The Kier molecular flexibility index (Phi) is 6.81. The van der Waals surface area contributed by atoms with Gasteiger partial charge in [0.1, 0.15) is 5.75 Å². The van der Waals surface area contributed by atoms with Crippen LogP contribution >= 0.6 is 0 Å². The van der Waals surface area contributed by atoms with Gasteiger partial charge in [0.05, 0.1) is 6.21 Å². The van der Waals surface area contributed by atoms with Gasteiger partial charge in [0, 0.05) is 12.8 Å². The highest BCUT2D eigenvalue weighted by Gasteiger charge is 2.01. The van der Waals surface area contributed by atoms with Crippen LogP contribution in [0.5, 0.6) is 5.75 Å². The minimum absolute atomic E-state index is 0.136. The summed E-state index contributed by atoms with van der Waals surface area (Å²) in [5.41, 5.74) is 3.07. The van der Waals surface area contributed by atoms with Crippen LogP contribution in [-0.4, -0.2) is 28.3 Å². The van der Waals surface area contributed by atoms with Crippen LogP contribution in [0.25, 0.3) is 0 Å². The number of carbonyl (C=O) groups excluding carboxylic acids is 1. The van der Waals surface area contributed by atoms with Gasteiger partial charge in [-0.1, -0.05) is 18.6 Å². The average molecular weight is 278 g/mol. The molecule has 0 aromatic heterocycles. The molecular formula is C14H18N2O4. The number of hydrogen-bond acceptors (Lipinski definition) is 4. The molecular weight excluding hydrogens is 260 g/mol. The van der Waals surface area contributed by atoms with Crippen LogP contribution in [0.15, 0.2) is 29.4 Å². The molecule has 0 fully saturated rings. The van der Waals surface area contributed by atoms with E-state index in [0.29, 0.717) is 31.2 Å². The zero-order chi connectivity index (χ0) is 14.8. The number of carbonyl (C=O) groups is 2. The first-order valence-electron chi connectivity index (χ1n) is 6.40. The Bertz CT molecular complexity index is 486. The predicted molar refractivity (Wildman–Crippen MR) is 74.6 cm³/mol. The lowest BCUT2D eigenvalue weighted by molar-refractivity contribution is -0.137. The second-order valence-corrected chi connectivity index (χ2v) is 4.34. The Labute approximate surface area is 117 Å². The van der Waals surface area contributed by atoms with Crippen molar-refractivity contribution in [3.8, 4) is 5.75 Å². The largest absolute Gasteiger partial charge is 0.508 e. The number of benzene rings is 1. The fourth-order valence-electron chi connectivity index (χ4n) is 1.58. The molecule has 1 rings (SSSR count). The Balaban J connectivity index is 2.18. The van der Waals surface area contributed by atoms with Gasteiger partial charge in [-0.15, -0.1) is 0 Å². The first-order chi connectivity index (χ1) is 9.58. The lowest BCUT2D eigenvalue weighted by Crippen LogP contribution is -2.16. The number of hydrazone groups is 1. The molecule has 1 aromatic rings. The maximum absolute atomic E-state index is 11.4. The summed E-state index contributed by atoms with van der Waals surface area (Å²) in [5.74, 6) is -0.888. The summed E-state index contributed by atoms with van der Waals surface area (Å²) in [6.45, 7) is 0. The van der Waals surface area contributed by atoms with Crippen molar-refractivity contribution in [2.75, 3.05) is 0 Å². The van der Waals surface area contributed by atoms with Gasteiger partial charge in [-0.2, -0.15) is 5.10 Å². The molecule has 108 valence electrons. The predicted octanol–water partition coefficient (Wildman–Crippen LogP) is 1.88. The van der Waals surface area contributed by atoms with Gasteiger partial charge in [0.2, 0.25) is 5.91 Å². The highest BCUT2D eigenvalue weighted by molar-refractivity contribution is 5.82. The minimum Gasteiger partial charge on any atom is -0.508 e. The van der Waals surface area contributed by atoms with Crippen LogP contribution in [0.4, 0.5) is 0 Å². The van der Waals surface area contributed by atoms with Crippen molar-refractivity contribution in [1.29, 1.82) is 0 Å². The summed E-state index contributed by atoms with van der Waals surface area (Å²) < 4.78 is 0. The maximum Gasteiger partial charge on any atom is 0.303 e. The Hall–Kier alpha value is -2.37. The fourth-order valence-corrected chi connectivity index (χ4v) is 1.58. The molecule has 0 spiro atoms. The molecule has 1 aromatic carbocycles. The molecule has 0 aliphatic carbocycles. The molecule has 0 saturated carbocycles. The summed E-state index contributed by atoms with van der Waals surface area (Å²) in [7, 11) is 0. The normalized spacial score (nSPS) is 10.6. The van der Waals surface area contributed by atoms with E-state index in [1.165, 1.54) is 12.3 Å². The van der Waals surface area contributed by atoms with E-state index in [4.69, 9.17) is 5.11 Å². The van der Waals surface area contributed by atoms with Crippen LogP contribution in [-0.2, 0) is 9.59 Å². The van der Waals surface area contributed by atoms with E-state index in [0.717, 1.165) is 0 Å². The van der Waals surface area contributed by atoms with Crippen LogP contribution in [0.1, 0.15) is 37.7 Å². The van der Waals surface area contributed by atoms with E-state index in [-0.39, 0.29) is 18.1 Å². The number of amides is 1. The second kappa shape index (κ2) is 8.68. The number of rotatable bonds is 8. The molecule has 0 aliphatic rings. The van der Waals surface area contributed by atoms with E-state index >= 15 is 0 Å². The molecule has 0 unspecified atom stereocenters. The number of carboxylic acid groups (broad SMARTS) is 1. The van der Waals surface area contributed by atoms with Gasteiger partial charge in [-0.05, 0) is 30.5 Å². The SMILES string of the molecule is O=C(O)CCCCCC(=O)N/N=C/c1cccc(O)c1. The number of aliphatic carboxylic acids is 1. The third-order valence-corrected chi connectivity index (χ3v) is 2.57. The van der Waals surface area contributed by atoms with Crippen molar-refractivity contribution in [2.24, 2.45) is 5.10 Å². The van der Waals surface area contributed by atoms with Crippen molar-refractivity contribution in [3.05, 3.63) is 29.8 Å². The monoisotopic (exact) mass is 278 g/mol. The van der Waals surface area contributed by atoms with Crippen LogP contribution < -0.4 is 5.43 Å². The maximum atomic E-state index is 11.4. The third kappa shape index (κ3) is 7.15.